The Balaban J connectivity index is 0.000000239. The summed E-state index contributed by atoms with van der Waals surface area (Å²) in [6.07, 6.45) is 8.15. The number of aromatic nitrogens is 2. The van der Waals surface area contributed by atoms with Crippen LogP contribution in [0.2, 0.25) is 0 Å². The molecule has 0 bridgehead atoms. The van der Waals surface area contributed by atoms with Crippen molar-refractivity contribution in [1.82, 2.24) is 30.8 Å². The highest BCUT2D eigenvalue weighted by molar-refractivity contribution is 5.91. The van der Waals surface area contributed by atoms with Gasteiger partial charge in [0.1, 0.15) is 5.60 Å². The highest BCUT2D eigenvalue weighted by Crippen LogP contribution is 2.22. The molecule has 0 aromatic carbocycles. The van der Waals surface area contributed by atoms with E-state index in [2.05, 4.69) is 34.8 Å². The van der Waals surface area contributed by atoms with Gasteiger partial charge in [0, 0.05) is 26.2 Å². The van der Waals surface area contributed by atoms with E-state index in [9.17, 15) is 24.0 Å². The van der Waals surface area contributed by atoms with Crippen LogP contribution in [-0.2, 0) is 4.74 Å². The molecule has 14 heteroatoms. The third-order valence-corrected chi connectivity index (χ3v) is 6.90. The van der Waals surface area contributed by atoms with Crippen LogP contribution >= 0.6 is 0 Å². The fourth-order valence-corrected chi connectivity index (χ4v) is 4.65. The van der Waals surface area contributed by atoms with Gasteiger partial charge in [0.05, 0.1) is 12.4 Å². The summed E-state index contributed by atoms with van der Waals surface area (Å²) in [6.45, 7) is 10.1. The van der Waals surface area contributed by atoms with E-state index in [1.165, 1.54) is 12.4 Å². The molecule has 228 valence electrons. The Morgan fingerprint density at radius 2 is 1.32 bits per heavy atom. The van der Waals surface area contributed by atoms with Crippen molar-refractivity contribution < 1.29 is 28.0 Å². The highest BCUT2D eigenvalue weighted by atomic mass is 16.6. The molecule has 2 aliphatic heterocycles. The number of hydrogen-bond acceptors (Lipinski definition) is 9. The molecule has 4 rings (SSSR count). The van der Waals surface area contributed by atoms with Gasteiger partial charge in [-0.1, -0.05) is 0 Å². The molecule has 2 saturated heterocycles. The normalized spacial score (nSPS) is 16.4. The summed E-state index contributed by atoms with van der Waals surface area (Å²) in [5, 5.41) is 8.78. The summed E-state index contributed by atoms with van der Waals surface area (Å²) in [5.74, 6) is -0.836. The minimum Gasteiger partial charge on any atom is -0.444 e. The number of likely N-dealkylation sites (tertiary alicyclic amines) is 1. The summed E-state index contributed by atoms with van der Waals surface area (Å²) in [4.78, 5) is 63.1. The van der Waals surface area contributed by atoms with E-state index in [-0.39, 0.29) is 23.5 Å². The number of hydrogen-bond donors (Lipinski definition) is 5. The number of aromatic amines is 2. The van der Waals surface area contributed by atoms with Crippen molar-refractivity contribution in [2.75, 3.05) is 39.3 Å². The molecule has 41 heavy (non-hydrogen) atoms. The number of ether oxygens (including phenoxy) is 1. The lowest BCUT2D eigenvalue weighted by molar-refractivity contribution is 0.0181. The fourth-order valence-electron chi connectivity index (χ4n) is 4.65. The van der Waals surface area contributed by atoms with Gasteiger partial charge in [-0.05, 0) is 84.2 Å². The number of oxazole rings is 2. The predicted molar refractivity (Wildman–Crippen MR) is 149 cm³/mol. The molecule has 0 unspecified atom stereocenters. The molecule has 2 aromatic rings. The molecule has 3 amide bonds. The molecule has 4 heterocycles. The van der Waals surface area contributed by atoms with Crippen LogP contribution in [0.3, 0.4) is 0 Å². The second-order valence-electron chi connectivity index (χ2n) is 11.3. The Morgan fingerprint density at radius 1 is 0.854 bits per heavy atom. The molecule has 14 nitrogen and oxygen atoms in total. The van der Waals surface area contributed by atoms with Gasteiger partial charge in [-0.25, -0.2) is 14.4 Å². The Bertz CT molecular complexity index is 1220. The summed E-state index contributed by atoms with van der Waals surface area (Å²) < 4.78 is 14.7. The van der Waals surface area contributed by atoms with Gasteiger partial charge in [0.25, 0.3) is 11.8 Å². The third-order valence-electron chi connectivity index (χ3n) is 6.90. The van der Waals surface area contributed by atoms with E-state index < -0.39 is 23.0 Å². The van der Waals surface area contributed by atoms with E-state index in [4.69, 9.17) is 4.74 Å². The Labute approximate surface area is 238 Å². The van der Waals surface area contributed by atoms with E-state index >= 15 is 0 Å². The fraction of sp³-hybridized carbons (Fsp3) is 0.667. The minimum absolute atomic E-state index is 0.0141. The molecule has 2 aliphatic rings. The maximum Gasteiger partial charge on any atom is 0.416 e. The second kappa shape index (κ2) is 15.3. The lowest BCUT2D eigenvalue weighted by Gasteiger charge is -2.33. The van der Waals surface area contributed by atoms with Crippen molar-refractivity contribution >= 4 is 17.9 Å². The van der Waals surface area contributed by atoms with Gasteiger partial charge < -0.3 is 34.4 Å². The molecule has 0 radical (unpaired) electrons. The number of carbonyl (C=O) groups excluding carboxylic acids is 3. The zero-order valence-electron chi connectivity index (χ0n) is 24.0. The molecule has 5 N–H and O–H groups in total. The number of nitrogens with one attached hydrogen (secondary N) is 5. The Kier molecular flexibility index (Phi) is 11.8. The number of carbonyl (C=O) groups is 3. The molecule has 0 aliphatic carbocycles. The standard InChI is InChI=1S/C16H25N3O5.C11H17N3O3/c1-16(2,3)24-15(22)19-8-5-11(6-9-19)4-7-17-13(20)12-10-18-14(21)23-12;15-10(9-7-14-11(16)17-9)13-6-3-8-1-4-12-5-2-8/h10-11H,4-9H2,1-3H3,(H,17,20)(H,18,21);7-8,12H,1-6H2,(H,13,15)(H,14,16). The summed E-state index contributed by atoms with van der Waals surface area (Å²) in [6, 6.07) is 0. The number of H-pyrrole nitrogens is 2. The van der Waals surface area contributed by atoms with Crippen LogP contribution in [0.5, 0.6) is 0 Å². The van der Waals surface area contributed by atoms with Crippen LogP contribution in [0.4, 0.5) is 4.79 Å². The van der Waals surface area contributed by atoms with E-state index in [1.54, 1.807) is 4.90 Å². The monoisotopic (exact) mass is 578 g/mol. The quantitative estimate of drug-likeness (QED) is 0.311. The SMILES string of the molecule is CC(C)(C)OC(=O)N1CCC(CCNC(=O)c2c[nH]c(=O)o2)CC1.O=C(NCCC1CCNCC1)c1c[nH]c(=O)o1. The smallest absolute Gasteiger partial charge is 0.416 e. The van der Waals surface area contributed by atoms with Gasteiger partial charge in [0.15, 0.2) is 0 Å². The molecule has 0 spiro atoms. The number of nitrogens with zero attached hydrogens (tertiary/aromatic N) is 1. The lowest BCUT2D eigenvalue weighted by atomic mass is 9.94. The van der Waals surface area contributed by atoms with Gasteiger partial charge in [0.2, 0.25) is 11.5 Å². The molecule has 0 saturated carbocycles. The van der Waals surface area contributed by atoms with Gasteiger partial charge in [-0.15, -0.1) is 0 Å². The number of amides is 3. The van der Waals surface area contributed by atoms with E-state index in [1.807, 2.05) is 20.8 Å². The zero-order chi connectivity index (χ0) is 29.8. The van der Waals surface area contributed by atoms with Crippen molar-refractivity contribution in [3.8, 4) is 0 Å². The first-order valence-corrected chi connectivity index (χ1v) is 14.1. The van der Waals surface area contributed by atoms with Crippen LogP contribution in [0.25, 0.3) is 0 Å². The summed E-state index contributed by atoms with van der Waals surface area (Å²) in [7, 11) is 0. The van der Waals surface area contributed by atoms with Crippen LogP contribution < -0.4 is 27.5 Å². The van der Waals surface area contributed by atoms with Crippen molar-refractivity contribution in [1.29, 1.82) is 0 Å². The summed E-state index contributed by atoms with van der Waals surface area (Å²) in [5.41, 5.74) is -0.481. The predicted octanol–water partition coefficient (Wildman–Crippen LogP) is 1.82. The lowest BCUT2D eigenvalue weighted by Crippen LogP contribution is -2.42. The maximum absolute atomic E-state index is 12.0. The zero-order valence-corrected chi connectivity index (χ0v) is 24.0. The number of piperidine rings is 2. The maximum atomic E-state index is 12.0. The minimum atomic E-state index is -0.644. The topological polar surface area (TPSA) is 192 Å². The third kappa shape index (κ3) is 11.3. The van der Waals surface area contributed by atoms with Crippen molar-refractivity contribution in [2.45, 2.75) is 64.9 Å². The first-order chi connectivity index (χ1) is 19.5. The van der Waals surface area contributed by atoms with Crippen LogP contribution in [0.1, 0.15) is 80.4 Å². The molecule has 2 aromatic heterocycles. The molecular formula is C27H42N6O8. The van der Waals surface area contributed by atoms with Crippen LogP contribution in [0, 0.1) is 11.8 Å². The first-order valence-electron chi connectivity index (χ1n) is 14.1. The summed E-state index contributed by atoms with van der Waals surface area (Å²) >= 11 is 0. The number of rotatable bonds is 8. The van der Waals surface area contributed by atoms with Crippen molar-refractivity contribution in [3.63, 3.8) is 0 Å². The second-order valence-corrected chi connectivity index (χ2v) is 11.3. The molecular weight excluding hydrogens is 536 g/mol. The van der Waals surface area contributed by atoms with E-state index in [0.717, 1.165) is 51.6 Å². The first kappa shape index (κ1) is 31.7. The Morgan fingerprint density at radius 3 is 1.73 bits per heavy atom. The van der Waals surface area contributed by atoms with E-state index in [0.29, 0.717) is 38.0 Å². The van der Waals surface area contributed by atoms with Crippen molar-refractivity contribution in [3.05, 3.63) is 45.0 Å². The van der Waals surface area contributed by atoms with Gasteiger partial charge in [-0.3, -0.25) is 19.6 Å². The van der Waals surface area contributed by atoms with Gasteiger partial charge in [-0.2, -0.15) is 0 Å². The average molecular weight is 579 g/mol. The molecule has 2 fully saturated rings. The van der Waals surface area contributed by atoms with Gasteiger partial charge >= 0.3 is 17.6 Å². The van der Waals surface area contributed by atoms with Crippen molar-refractivity contribution in [2.24, 2.45) is 11.8 Å². The molecule has 0 atom stereocenters. The van der Waals surface area contributed by atoms with Crippen LogP contribution in [0.15, 0.2) is 30.8 Å². The average Bonchev–Trinajstić information content (AvgIpc) is 3.57. The Hall–Kier alpha value is -3.81. The van der Waals surface area contributed by atoms with Crippen LogP contribution in [-0.4, -0.2) is 77.6 Å². The highest BCUT2D eigenvalue weighted by Gasteiger charge is 2.26. The largest absolute Gasteiger partial charge is 0.444 e.